The van der Waals surface area contributed by atoms with E-state index >= 15 is 0 Å². The van der Waals surface area contributed by atoms with Crippen LogP contribution in [0.15, 0.2) is 50.9 Å². The summed E-state index contributed by atoms with van der Waals surface area (Å²) in [6, 6.07) is 12.1. The van der Waals surface area contributed by atoms with Gasteiger partial charge in [-0.2, -0.15) is 0 Å². The van der Waals surface area contributed by atoms with E-state index in [4.69, 9.17) is 9.47 Å². The molecule has 1 saturated heterocycles. The number of hydrogen-bond donors (Lipinski definition) is 0. The number of para-hydroxylation sites is 1. The van der Waals surface area contributed by atoms with Crippen LogP contribution in [0.5, 0.6) is 11.5 Å². The number of ether oxygens (including phenoxy) is 2. The molecule has 37 heavy (non-hydrogen) atoms. The van der Waals surface area contributed by atoms with Gasteiger partial charge in [-0.3, -0.25) is 18.8 Å². The first kappa shape index (κ1) is 27.1. The highest BCUT2D eigenvalue weighted by Gasteiger charge is 2.19. The Kier molecular flexibility index (Phi) is 9.21. The number of hydrogen-bond acceptors (Lipinski definition) is 7. The second kappa shape index (κ2) is 12.6. The summed E-state index contributed by atoms with van der Waals surface area (Å²) in [5.74, 6) is 2.11. The van der Waals surface area contributed by atoms with Crippen LogP contribution in [0.2, 0.25) is 0 Å². The van der Waals surface area contributed by atoms with Gasteiger partial charge in [-0.1, -0.05) is 19.1 Å². The van der Waals surface area contributed by atoms with Crippen LogP contribution in [-0.2, 0) is 13.6 Å². The fourth-order valence-electron chi connectivity index (χ4n) is 4.90. The van der Waals surface area contributed by atoms with Crippen LogP contribution >= 0.6 is 11.8 Å². The zero-order valence-electron chi connectivity index (χ0n) is 22.4. The van der Waals surface area contributed by atoms with Crippen molar-refractivity contribution >= 4 is 28.4 Å². The summed E-state index contributed by atoms with van der Waals surface area (Å²) in [5.41, 5.74) is 1.29. The Morgan fingerprint density at radius 1 is 0.919 bits per heavy atom. The molecule has 0 unspecified atom stereocenters. The predicted molar refractivity (Wildman–Crippen MR) is 152 cm³/mol. The maximum absolute atomic E-state index is 13.2. The number of nitrogens with zero attached hydrogens (tertiary/aromatic N) is 4. The predicted octanol–water partition coefficient (Wildman–Crippen LogP) is 3.82. The first-order valence-electron chi connectivity index (χ1n) is 13.0. The standard InChI is InChI=1S/C28H38N4O4S/c1-5-18-37-26-11-7-6-10-22(26)31-16-14-30(15-17-31)12-8-9-13-32-27(33)21-19-24(35-3)25(36-4)20-23(21)29(2)28(32)34/h6-7,10-11,19-20H,5,8-9,12-18H2,1-4H3. The molecule has 0 amide bonds. The average Bonchev–Trinajstić information content (AvgIpc) is 2.94. The Hall–Kier alpha value is -2.91. The number of methoxy groups -OCH3 is 2. The molecule has 2 heterocycles. The van der Waals surface area contributed by atoms with Crippen LogP contribution < -0.4 is 25.6 Å². The lowest BCUT2D eigenvalue weighted by atomic mass is 10.2. The van der Waals surface area contributed by atoms with Gasteiger partial charge in [0.25, 0.3) is 5.56 Å². The van der Waals surface area contributed by atoms with Gasteiger partial charge in [-0.15, -0.1) is 11.8 Å². The summed E-state index contributed by atoms with van der Waals surface area (Å²) < 4.78 is 13.6. The lowest BCUT2D eigenvalue weighted by molar-refractivity contribution is 0.250. The largest absolute Gasteiger partial charge is 0.493 e. The smallest absolute Gasteiger partial charge is 0.331 e. The molecule has 4 rings (SSSR count). The number of fused-ring (bicyclic) bond motifs is 1. The Morgan fingerprint density at radius 3 is 2.30 bits per heavy atom. The van der Waals surface area contributed by atoms with Crippen molar-refractivity contribution in [3.63, 3.8) is 0 Å². The third-order valence-electron chi connectivity index (χ3n) is 7.00. The van der Waals surface area contributed by atoms with Gasteiger partial charge in [0.2, 0.25) is 0 Å². The lowest BCUT2D eigenvalue weighted by Crippen LogP contribution is -2.46. The lowest BCUT2D eigenvalue weighted by Gasteiger charge is -2.37. The maximum Gasteiger partial charge on any atom is 0.331 e. The quantitative estimate of drug-likeness (QED) is 0.278. The van der Waals surface area contributed by atoms with Crippen molar-refractivity contribution in [1.29, 1.82) is 0 Å². The van der Waals surface area contributed by atoms with E-state index in [0.29, 0.717) is 28.9 Å². The van der Waals surface area contributed by atoms with E-state index in [0.717, 1.165) is 51.3 Å². The van der Waals surface area contributed by atoms with Crippen molar-refractivity contribution in [2.45, 2.75) is 37.6 Å². The fraction of sp³-hybridized carbons (Fsp3) is 0.500. The summed E-state index contributed by atoms with van der Waals surface area (Å²) >= 11 is 1.94. The van der Waals surface area contributed by atoms with Gasteiger partial charge in [0, 0.05) is 50.7 Å². The molecule has 0 spiro atoms. The van der Waals surface area contributed by atoms with E-state index in [-0.39, 0.29) is 11.2 Å². The number of anilines is 1. The normalized spacial score (nSPS) is 14.3. The summed E-state index contributed by atoms with van der Waals surface area (Å²) in [6.45, 7) is 7.65. The fourth-order valence-corrected chi connectivity index (χ4v) is 5.84. The highest BCUT2D eigenvalue weighted by atomic mass is 32.2. The Balaban J connectivity index is 1.34. The summed E-state index contributed by atoms with van der Waals surface area (Å²) in [4.78, 5) is 32.5. The van der Waals surface area contributed by atoms with Crippen molar-refractivity contribution in [1.82, 2.24) is 14.0 Å². The van der Waals surface area contributed by atoms with Crippen LogP contribution in [-0.4, -0.2) is 66.7 Å². The number of unbranched alkanes of at least 4 members (excludes halogenated alkanes) is 1. The van der Waals surface area contributed by atoms with E-state index < -0.39 is 0 Å². The molecule has 1 fully saturated rings. The molecule has 0 saturated carbocycles. The molecule has 0 aliphatic carbocycles. The zero-order valence-corrected chi connectivity index (χ0v) is 23.2. The van der Waals surface area contributed by atoms with Crippen molar-refractivity contribution < 1.29 is 9.47 Å². The molecule has 8 nitrogen and oxygen atoms in total. The summed E-state index contributed by atoms with van der Waals surface area (Å²) in [5, 5.41) is 0.452. The number of aryl methyl sites for hydroxylation is 1. The Morgan fingerprint density at radius 2 is 1.59 bits per heavy atom. The van der Waals surface area contributed by atoms with Crippen molar-refractivity contribution in [2.75, 3.05) is 57.6 Å². The third-order valence-corrected chi connectivity index (χ3v) is 8.27. The molecule has 3 aromatic rings. The molecule has 0 radical (unpaired) electrons. The van der Waals surface area contributed by atoms with Gasteiger partial charge < -0.3 is 14.4 Å². The zero-order chi connectivity index (χ0) is 26.4. The molecule has 1 aliphatic rings. The molecular formula is C28H38N4O4S. The first-order valence-corrected chi connectivity index (χ1v) is 14.0. The van der Waals surface area contributed by atoms with Crippen LogP contribution in [0, 0.1) is 0 Å². The molecule has 1 aromatic heterocycles. The summed E-state index contributed by atoms with van der Waals surface area (Å²) in [7, 11) is 4.76. The Bertz CT molecular complexity index is 1330. The molecule has 200 valence electrons. The molecule has 9 heteroatoms. The number of aromatic nitrogens is 2. The van der Waals surface area contributed by atoms with E-state index in [1.807, 2.05) is 11.8 Å². The highest BCUT2D eigenvalue weighted by Crippen LogP contribution is 2.31. The van der Waals surface area contributed by atoms with Gasteiger partial charge >= 0.3 is 5.69 Å². The minimum absolute atomic E-state index is 0.285. The van der Waals surface area contributed by atoms with Crippen molar-refractivity contribution in [3.8, 4) is 11.5 Å². The minimum atomic E-state index is -0.307. The third kappa shape index (κ3) is 5.99. The SMILES string of the molecule is CCCSc1ccccc1N1CCN(CCCCn2c(=O)c3cc(OC)c(OC)cc3n(C)c2=O)CC1. The van der Waals surface area contributed by atoms with E-state index in [1.54, 1.807) is 19.2 Å². The summed E-state index contributed by atoms with van der Waals surface area (Å²) in [6.07, 6.45) is 2.88. The van der Waals surface area contributed by atoms with Gasteiger partial charge in [-0.05, 0) is 49.8 Å². The molecule has 1 aliphatic heterocycles. The molecule has 2 aromatic carbocycles. The van der Waals surface area contributed by atoms with E-state index in [1.165, 1.54) is 40.4 Å². The van der Waals surface area contributed by atoms with Crippen LogP contribution in [0.3, 0.4) is 0 Å². The number of thioether (sulfide) groups is 1. The topological polar surface area (TPSA) is 68.9 Å². The van der Waals surface area contributed by atoms with Gasteiger partial charge in [0.1, 0.15) is 0 Å². The van der Waals surface area contributed by atoms with Crippen LogP contribution in [0.25, 0.3) is 10.9 Å². The van der Waals surface area contributed by atoms with Crippen molar-refractivity contribution in [2.24, 2.45) is 7.05 Å². The second-order valence-corrected chi connectivity index (χ2v) is 10.5. The maximum atomic E-state index is 13.2. The minimum Gasteiger partial charge on any atom is -0.493 e. The average molecular weight is 527 g/mol. The van der Waals surface area contributed by atoms with Gasteiger partial charge in [0.15, 0.2) is 11.5 Å². The number of benzene rings is 2. The first-order chi connectivity index (χ1) is 18.0. The molecule has 0 N–H and O–H groups in total. The molecule has 0 bridgehead atoms. The van der Waals surface area contributed by atoms with Crippen LogP contribution in [0.4, 0.5) is 5.69 Å². The molecule has 0 atom stereocenters. The highest BCUT2D eigenvalue weighted by molar-refractivity contribution is 7.99. The number of rotatable bonds is 11. The van der Waals surface area contributed by atoms with Gasteiger partial charge in [0.05, 0.1) is 30.8 Å². The monoisotopic (exact) mass is 526 g/mol. The van der Waals surface area contributed by atoms with E-state index in [9.17, 15) is 9.59 Å². The number of piperazine rings is 1. The van der Waals surface area contributed by atoms with Crippen LogP contribution in [0.1, 0.15) is 26.2 Å². The van der Waals surface area contributed by atoms with Gasteiger partial charge in [-0.25, -0.2) is 4.79 Å². The molecular weight excluding hydrogens is 488 g/mol. The van der Waals surface area contributed by atoms with E-state index in [2.05, 4.69) is 41.0 Å². The Labute approximate surface area is 222 Å². The second-order valence-electron chi connectivity index (χ2n) is 9.37. The van der Waals surface area contributed by atoms with Crippen molar-refractivity contribution in [3.05, 3.63) is 57.2 Å².